The summed E-state index contributed by atoms with van der Waals surface area (Å²) < 4.78 is 112. The Kier molecular flexibility index (Phi) is 6.61. The van der Waals surface area contributed by atoms with Crippen molar-refractivity contribution in [2.75, 3.05) is 0 Å². The van der Waals surface area contributed by atoms with E-state index in [1.54, 1.807) is 0 Å². The van der Waals surface area contributed by atoms with Crippen molar-refractivity contribution in [3.05, 3.63) is 11.1 Å². The van der Waals surface area contributed by atoms with Crippen molar-refractivity contribution in [1.82, 2.24) is 0 Å². The third-order valence-corrected chi connectivity index (χ3v) is 3.50. The molecule has 0 rings (SSSR count). The van der Waals surface area contributed by atoms with Gasteiger partial charge in [-0.1, -0.05) is 11.6 Å². The minimum Gasteiger partial charge on any atom is -0.169 e. The fourth-order valence-corrected chi connectivity index (χ4v) is 2.03. The smallest absolute Gasteiger partial charge is 0.169 e. The highest BCUT2D eigenvalue weighted by Gasteiger charge is 2.59. The van der Waals surface area contributed by atoms with Crippen LogP contribution in [0, 0.1) is 0 Å². The van der Waals surface area contributed by atoms with E-state index in [0.29, 0.717) is 0 Å². The normalized spacial score (nSPS) is 19.3. The van der Waals surface area contributed by atoms with Gasteiger partial charge in [0, 0.05) is 23.9 Å². The monoisotopic (exact) mass is 390 g/mol. The molecule has 0 spiro atoms. The van der Waals surface area contributed by atoms with Crippen LogP contribution >= 0.6 is 34.8 Å². The molecule has 2 atom stereocenters. The minimum absolute atomic E-state index is 0.209. The van der Waals surface area contributed by atoms with E-state index in [-0.39, 0.29) is 5.54 Å². The Morgan fingerprint density at radius 3 is 1.62 bits per heavy atom. The first kappa shape index (κ1) is 21.0. The molecule has 0 radical (unpaired) electrons. The maximum absolute atomic E-state index is 12.7. The molecule has 0 bridgehead atoms. The van der Waals surface area contributed by atoms with Gasteiger partial charge in [0.05, 0.1) is 0 Å². The average molecular weight is 391 g/mol. The second kappa shape index (κ2) is 6.62. The van der Waals surface area contributed by atoms with Crippen molar-refractivity contribution in [3.8, 4) is 0 Å². The second-order valence-corrected chi connectivity index (χ2v) is 5.45. The van der Waals surface area contributed by atoms with Crippen molar-refractivity contribution >= 4 is 34.8 Å². The molecule has 0 aromatic rings. The summed E-state index contributed by atoms with van der Waals surface area (Å²) in [5.41, 5.74) is -2.12. The van der Waals surface area contributed by atoms with Gasteiger partial charge in [-0.2, -0.15) is 39.5 Å². The summed E-state index contributed by atoms with van der Waals surface area (Å²) in [4.78, 5) is -3.86. The molecular weight excluding hydrogens is 385 g/mol. The van der Waals surface area contributed by atoms with Crippen LogP contribution in [-0.2, 0) is 0 Å². The molecule has 0 aliphatic heterocycles. The number of rotatable bonds is 4. The summed E-state index contributed by atoms with van der Waals surface area (Å²) in [6.45, 7) is 0. The molecule has 0 aliphatic rings. The summed E-state index contributed by atoms with van der Waals surface area (Å²) in [5, 5.41) is -3.07. The molecule has 0 saturated carbocycles. The lowest BCUT2D eigenvalue weighted by molar-refractivity contribution is -0.179. The van der Waals surface area contributed by atoms with E-state index in [1.807, 2.05) is 0 Å². The summed E-state index contributed by atoms with van der Waals surface area (Å²) in [6, 6.07) is 0. The van der Waals surface area contributed by atoms with E-state index in [4.69, 9.17) is 34.8 Å². The largest absolute Gasteiger partial charge is 0.413 e. The summed E-state index contributed by atoms with van der Waals surface area (Å²) >= 11 is 14.5. The fraction of sp³-hybridized carbons (Fsp3) is 0.778. The molecule has 12 heteroatoms. The highest BCUT2D eigenvalue weighted by atomic mass is 35.5. The maximum Gasteiger partial charge on any atom is 0.413 e. The first-order valence-electron chi connectivity index (χ1n) is 4.87. The average Bonchev–Trinajstić information content (AvgIpc) is 2.21. The highest BCUT2D eigenvalue weighted by Crippen LogP contribution is 2.49. The van der Waals surface area contributed by atoms with Gasteiger partial charge in [0.2, 0.25) is 0 Å². The zero-order valence-corrected chi connectivity index (χ0v) is 11.9. The molecule has 0 heterocycles. The van der Waals surface area contributed by atoms with Crippen LogP contribution in [-0.4, -0.2) is 28.8 Å². The van der Waals surface area contributed by atoms with Gasteiger partial charge in [-0.3, -0.25) is 0 Å². The van der Waals surface area contributed by atoms with Crippen LogP contribution in [0.1, 0.15) is 12.8 Å². The Morgan fingerprint density at radius 1 is 0.952 bits per heavy atom. The third kappa shape index (κ3) is 5.94. The predicted octanol–water partition coefficient (Wildman–Crippen LogP) is 6.16. The molecule has 0 saturated heterocycles. The van der Waals surface area contributed by atoms with Crippen LogP contribution in [0.4, 0.5) is 39.5 Å². The Bertz CT molecular complexity index is 381. The van der Waals surface area contributed by atoms with Crippen LogP contribution < -0.4 is 0 Å². The standard InChI is InChI=1S/C9H6Cl3F9/c10-3-4(7(13,14)15)1-6(12,9(19,20)21)2-5(11)8(16,17)18/h3,5H,1-2H2/b4-3+. The quantitative estimate of drug-likeness (QED) is 0.398. The lowest BCUT2D eigenvalue weighted by Crippen LogP contribution is -2.45. The topological polar surface area (TPSA) is 0 Å². The number of hydrogen-bond acceptors (Lipinski definition) is 0. The molecule has 0 N–H and O–H groups in total. The summed E-state index contributed by atoms with van der Waals surface area (Å²) in [5.74, 6) is 0. The van der Waals surface area contributed by atoms with Gasteiger partial charge in [-0.15, -0.1) is 23.2 Å². The highest BCUT2D eigenvalue weighted by molar-refractivity contribution is 6.27. The number of alkyl halides is 11. The maximum atomic E-state index is 12.7. The van der Waals surface area contributed by atoms with E-state index >= 15 is 0 Å². The van der Waals surface area contributed by atoms with Gasteiger partial charge in [0.15, 0.2) is 0 Å². The fourth-order valence-electron chi connectivity index (χ4n) is 1.19. The van der Waals surface area contributed by atoms with E-state index in [9.17, 15) is 39.5 Å². The van der Waals surface area contributed by atoms with Crippen molar-refractivity contribution in [2.24, 2.45) is 0 Å². The van der Waals surface area contributed by atoms with Gasteiger partial charge in [0.25, 0.3) is 0 Å². The zero-order valence-electron chi connectivity index (χ0n) is 9.60. The molecule has 0 aliphatic carbocycles. The first-order chi connectivity index (χ1) is 9.04. The molecule has 126 valence electrons. The second-order valence-electron chi connectivity index (χ2n) is 3.99. The molecule has 2 unspecified atom stereocenters. The van der Waals surface area contributed by atoms with E-state index in [2.05, 4.69) is 0 Å². The molecule has 0 aromatic heterocycles. The number of hydrogen-bond donors (Lipinski definition) is 0. The van der Waals surface area contributed by atoms with Crippen molar-refractivity contribution in [2.45, 2.75) is 41.6 Å². The first-order valence-corrected chi connectivity index (χ1v) is 6.12. The van der Waals surface area contributed by atoms with Gasteiger partial charge < -0.3 is 0 Å². The lowest BCUT2D eigenvalue weighted by atomic mass is 9.93. The lowest BCUT2D eigenvalue weighted by Gasteiger charge is -2.32. The Hall–Kier alpha value is -0.0200. The van der Waals surface area contributed by atoms with Crippen LogP contribution in [0.5, 0.6) is 0 Å². The molecule has 0 nitrogen and oxygen atoms in total. The van der Waals surface area contributed by atoms with Crippen LogP contribution in [0.15, 0.2) is 11.1 Å². The molecule has 0 aromatic carbocycles. The Labute approximate surface area is 127 Å². The van der Waals surface area contributed by atoms with Crippen LogP contribution in [0.25, 0.3) is 0 Å². The van der Waals surface area contributed by atoms with Crippen molar-refractivity contribution in [1.29, 1.82) is 0 Å². The van der Waals surface area contributed by atoms with Crippen LogP contribution in [0.3, 0.4) is 0 Å². The molecular formula is C9H6Cl3F9. The van der Waals surface area contributed by atoms with Crippen LogP contribution in [0.2, 0.25) is 0 Å². The van der Waals surface area contributed by atoms with Gasteiger partial charge in [-0.05, 0) is 0 Å². The zero-order chi connectivity index (χ0) is 17.3. The van der Waals surface area contributed by atoms with E-state index in [0.717, 1.165) is 0 Å². The van der Waals surface area contributed by atoms with Gasteiger partial charge in [0.1, 0.15) is 10.3 Å². The van der Waals surface area contributed by atoms with Gasteiger partial charge >= 0.3 is 18.5 Å². The number of allylic oxidation sites excluding steroid dienone is 1. The molecule has 0 fully saturated rings. The Balaban J connectivity index is 5.50. The minimum atomic E-state index is -5.57. The van der Waals surface area contributed by atoms with E-state index in [1.165, 1.54) is 0 Å². The van der Waals surface area contributed by atoms with Crippen molar-refractivity contribution in [3.63, 3.8) is 0 Å². The van der Waals surface area contributed by atoms with E-state index < -0.39 is 47.2 Å². The SMILES string of the molecule is FC(F)(F)/C(=C/Cl)CC(Cl)(CC(Cl)C(F)(F)F)C(F)(F)F. The summed E-state index contributed by atoms with van der Waals surface area (Å²) in [7, 11) is 0. The third-order valence-electron chi connectivity index (χ3n) is 2.33. The molecule has 21 heavy (non-hydrogen) atoms. The summed E-state index contributed by atoms with van der Waals surface area (Å²) in [6.07, 6.45) is -20.1. The molecule has 0 amide bonds. The Morgan fingerprint density at radius 2 is 1.38 bits per heavy atom. The van der Waals surface area contributed by atoms with Crippen molar-refractivity contribution < 1.29 is 39.5 Å². The number of halogens is 12. The predicted molar refractivity (Wildman–Crippen MR) is 59.6 cm³/mol. The van der Waals surface area contributed by atoms with Gasteiger partial charge in [-0.25, -0.2) is 0 Å².